The molecule has 0 atom stereocenters. The summed E-state index contributed by atoms with van der Waals surface area (Å²) in [5, 5.41) is 0.799. The van der Waals surface area contributed by atoms with Crippen LogP contribution >= 0.6 is 27.7 Å². The quantitative estimate of drug-likeness (QED) is 0.511. The largest absolute Gasteiger partial charge is 0.333 e. The van der Waals surface area contributed by atoms with Gasteiger partial charge < -0.3 is 4.98 Å². The van der Waals surface area contributed by atoms with Crippen molar-refractivity contribution < 1.29 is 0 Å². The van der Waals surface area contributed by atoms with Gasteiger partial charge in [0.1, 0.15) is 5.65 Å². The van der Waals surface area contributed by atoms with E-state index in [0.717, 1.165) is 26.6 Å². The number of rotatable bonds is 4. The maximum absolute atomic E-state index is 12.1. The summed E-state index contributed by atoms with van der Waals surface area (Å²) >= 11 is 4.96. The predicted molar refractivity (Wildman–Crippen MR) is 103 cm³/mol. The van der Waals surface area contributed by atoms with Crippen molar-refractivity contribution in [3.05, 3.63) is 81.4 Å². The second-order valence-corrected chi connectivity index (χ2v) is 7.29. The standard InChI is InChI=1S/C18H13BrN4OS/c19-13-6-4-12(5-7-13)15-10-20-18(22-15)25-11-14-9-17(24)23-8-2-1-3-16(23)21-14/h1-10H,11H2,(H,20,22). The summed E-state index contributed by atoms with van der Waals surface area (Å²) in [5.74, 6) is 0.577. The molecular formula is C18H13BrN4OS. The van der Waals surface area contributed by atoms with Crippen LogP contribution in [0.3, 0.4) is 0 Å². The molecule has 0 saturated carbocycles. The van der Waals surface area contributed by atoms with E-state index < -0.39 is 0 Å². The van der Waals surface area contributed by atoms with Crippen LogP contribution in [0.5, 0.6) is 0 Å². The molecule has 0 aliphatic carbocycles. The van der Waals surface area contributed by atoms with Crippen LogP contribution in [0.4, 0.5) is 0 Å². The van der Waals surface area contributed by atoms with Crippen molar-refractivity contribution in [1.29, 1.82) is 0 Å². The number of fused-ring (bicyclic) bond motifs is 1. The maximum Gasteiger partial charge on any atom is 0.258 e. The first kappa shape index (κ1) is 16.1. The van der Waals surface area contributed by atoms with Gasteiger partial charge in [0.25, 0.3) is 5.56 Å². The number of aromatic nitrogens is 4. The SMILES string of the molecule is O=c1cc(CSc2ncc(-c3ccc(Br)cc3)[nH]2)nc2ccccn12. The maximum atomic E-state index is 12.1. The second-order valence-electron chi connectivity index (χ2n) is 5.41. The van der Waals surface area contributed by atoms with Gasteiger partial charge in [0.15, 0.2) is 5.16 Å². The fourth-order valence-corrected chi connectivity index (χ4v) is 3.48. The Balaban J connectivity index is 1.52. The Labute approximate surface area is 156 Å². The Bertz CT molecular complexity index is 1090. The smallest absolute Gasteiger partial charge is 0.258 e. The molecule has 1 aromatic carbocycles. The Kier molecular flexibility index (Phi) is 4.42. The fraction of sp³-hybridized carbons (Fsp3) is 0.0556. The van der Waals surface area contributed by atoms with Crippen molar-refractivity contribution in [2.45, 2.75) is 10.9 Å². The van der Waals surface area contributed by atoms with Gasteiger partial charge in [-0.1, -0.05) is 45.9 Å². The lowest BCUT2D eigenvalue weighted by molar-refractivity contribution is 1.01. The normalized spacial score (nSPS) is 11.1. The fourth-order valence-electron chi connectivity index (χ4n) is 2.47. The average Bonchev–Trinajstić information content (AvgIpc) is 3.10. The molecule has 124 valence electrons. The number of H-pyrrole nitrogens is 1. The van der Waals surface area contributed by atoms with Crippen LogP contribution in [0.2, 0.25) is 0 Å². The van der Waals surface area contributed by atoms with Gasteiger partial charge in [0.2, 0.25) is 0 Å². The van der Waals surface area contributed by atoms with E-state index >= 15 is 0 Å². The number of benzene rings is 1. The number of nitrogens with one attached hydrogen (secondary N) is 1. The van der Waals surface area contributed by atoms with E-state index in [2.05, 4.69) is 30.9 Å². The van der Waals surface area contributed by atoms with Crippen LogP contribution < -0.4 is 5.56 Å². The minimum Gasteiger partial charge on any atom is -0.333 e. The van der Waals surface area contributed by atoms with Crippen LogP contribution in [0, 0.1) is 0 Å². The van der Waals surface area contributed by atoms with Gasteiger partial charge in [-0.3, -0.25) is 9.20 Å². The molecule has 0 saturated heterocycles. The number of thioether (sulfide) groups is 1. The topological polar surface area (TPSA) is 63.0 Å². The molecule has 7 heteroatoms. The molecule has 4 rings (SSSR count). The number of halogens is 1. The van der Waals surface area contributed by atoms with Crippen molar-refractivity contribution in [1.82, 2.24) is 19.4 Å². The van der Waals surface area contributed by atoms with E-state index in [9.17, 15) is 4.79 Å². The lowest BCUT2D eigenvalue weighted by Crippen LogP contribution is -2.14. The summed E-state index contributed by atoms with van der Waals surface area (Å²) in [7, 11) is 0. The lowest BCUT2D eigenvalue weighted by atomic mass is 10.2. The number of imidazole rings is 1. The third kappa shape index (κ3) is 3.52. The molecule has 0 amide bonds. The van der Waals surface area contributed by atoms with Gasteiger partial charge in [0.05, 0.1) is 17.6 Å². The van der Waals surface area contributed by atoms with Crippen molar-refractivity contribution in [2.24, 2.45) is 0 Å². The van der Waals surface area contributed by atoms with Crippen molar-refractivity contribution >= 4 is 33.3 Å². The van der Waals surface area contributed by atoms with Crippen molar-refractivity contribution in [2.75, 3.05) is 0 Å². The average molecular weight is 413 g/mol. The monoisotopic (exact) mass is 412 g/mol. The lowest BCUT2D eigenvalue weighted by Gasteiger charge is -2.02. The van der Waals surface area contributed by atoms with Crippen molar-refractivity contribution in [3.8, 4) is 11.3 Å². The summed E-state index contributed by atoms with van der Waals surface area (Å²) in [6.45, 7) is 0. The van der Waals surface area contributed by atoms with Gasteiger partial charge in [-0.2, -0.15) is 0 Å². The predicted octanol–water partition coefficient (Wildman–Crippen LogP) is 4.14. The molecule has 3 aromatic heterocycles. The zero-order valence-electron chi connectivity index (χ0n) is 13.0. The first-order valence-corrected chi connectivity index (χ1v) is 9.38. The third-order valence-electron chi connectivity index (χ3n) is 3.69. The van der Waals surface area contributed by atoms with Crippen LogP contribution in [0.25, 0.3) is 16.9 Å². The summed E-state index contributed by atoms with van der Waals surface area (Å²) in [6, 6.07) is 15.1. The number of nitrogens with zero attached hydrogens (tertiary/aromatic N) is 3. The van der Waals surface area contributed by atoms with Gasteiger partial charge in [-0.05, 0) is 29.8 Å². The molecule has 5 nitrogen and oxygen atoms in total. The highest BCUT2D eigenvalue weighted by Gasteiger charge is 2.07. The molecule has 4 aromatic rings. The molecular weight excluding hydrogens is 400 g/mol. The van der Waals surface area contributed by atoms with Crippen LogP contribution in [0.1, 0.15) is 5.69 Å². The Morgan fingerprint density at radius 3 is 2.84 bits per heavy atom. The molecule has 25 heavy (non-hydrogen) atoms. The molecule has 0 radical (unpaired) electrons. The number of hydrogen-bond donors (Lipinski definition) is 1. The summed E-state index contributed by atoms with van der Waals surface area (Å²) in [5.41, 5.74) is 3.35. The van der Waals surface area contributed by atoms with E-state index in [1.165, 1.54) is 16.2 Å². The summed E-state index contributed by atoms with van der Waals surface area (Å²) in [6.07, 6.45) is 3.53. The van der Waals surface area contributed by atoms with Crippen LogP contribution in [-0.4, -0.2) is 19.4 Å². The summed E-state index contributed by atoms with van der Waals surface area (Å²) in [4.78, 5) is 24.3. The number of hydrogen-bond acceptors (Lipinski definition) is 4. The molecule has 1 N–H and O–H groups in total. The molecule has 0 aliphatic heterocycles. The van der Waals surface area contributed by atoms with E-state index in [0.29, 0.717) is 11.4 Å². The zero-order chi connectivity index (χ0) is 17.2. The van der Waals surface area contributed by atoms with Crippen LogP contribution in [-0.2, 0) is 5.75 Å². The van der Waals surface area contributed by atoms with Crippen LogP contribution in [0.15, 0.2) is 75.3 Å². The number of pyridine rings is 1. The Morgan fingerprint density at radius 2 is 2.00 bits per heavy atom. The molecule has 0 bridgehead atoms. The van der Waals surface area contributed by atoms with Gasteiger partial charge in [-0.15, -0.1) is 0 Å². The van der Waals surface area contributed by atoms with Gasteiger partial charge in [-0.25, -0.2) is 9.97 Å². The molecule has 0 aliphatic rings. The molecule has 0 unspecified atom stereocenters. The van der Waals surface area contributed by atoms with Gasteiger partial charge in [0, 0.05) is 22.5 Å². The second kappa shape index (κ2) is 6.85. The van der Waals surface area contributed by atoms with Gasteiger partial charge >= 0.3 is 0 Å². The first-order valence-electron chi connectivity index (χ1n) is 7.60. The molecule has 3 heterocycles. The Morgan fingerprint density at radius 1 is 1.16 bits per heavy atom. The van der Waals surface area contributed by atoms with E-state index in [1.54, 1.807) is 12.3 Å². The minimum atomic E-state index is -0.0730. The molecule has 0 fully saturated rings. The highest BCUT2D eigenvalue weighted by molar-refractivity contribution is 9.10. The zero-order valence-corrected chi connectivity index (χ0v) is 15.4. The minimum absolute atomic E-state index is 0.0730. The van der Waals surface area contributed by atoms with E-state index in [-0.39, 0.29) is 5.56 Å². The van der Waals surface area contributed by atoms with Crippen molar-refractivity contribution in [3.63, 3.8) is 0 Å². The van der Waals surface area contributed by atoms with E-state index in [1.807, 2.05) is 48.7 Å². The van der Waals surface area contributed by atoms with E-state index in [4.69, 9.17) is 0 Å². The first-order chi connectivity index (χ1) is 12.2. The Hall–Kier alpha value is -2.38. The number of aromatic amines is 1. The third-order valence-corrected chi connectivity index (χ3v) is 5.14. The highest BCUT2D eigenvalue weighted by atomic mass is 79.9. The highest BCUT2D eigenvalue weighted by Crippen LogP contribution is 2.24. The molecule has 0 spiro atoms. The summed E-state index contributed by atoms with van der Waals surface area (Å²) < 4.78 is 2.58.